The number of ketones is 1. The molecule has 21 heavy (non-hydrogen) atoms. The summed E-state index contributed by atoms with van der Waals surface area (Å²) in [4.78, 5) is 16.9. The highest BCUT2D eigenvalue weighted by atomic mass is 16.1. The largest absolute Gasteiger partial charge is 0.328 e. The number of Topliss-reactive ketones (excluding diaryl/α,β-unsaturated/α-hetero) is 1. The first-order valence-corrected chi connectivity index (χ1v) is 7.16. The van der Waals surface area contributed by atoms with E-state index in [1.807, 2.05) is 31.3 Å². The van der Waals surface area contributed by atoms with Crippen LogP contribution >= 0.6 is 0 Å². The van der Waals surface area contributed by atoms with Crippen LogP contribution in [0.1, 0.15) is 29.7 Å². The van der Waals surface area contributed by atoms with Gasteiger partial charge < -0.3 is 4.57 Å². The smallest absolute Gasteiger partial charge is 0.190 e. The molecule has 0 spiro atoms. The van der Waals surface area contributed by atoms with Crippen LogP contribution in [0.25, 0.3) is 11.0 Å². The summed E-state index contributed by atoms with van der Waals surface area (Å²) in [6, 6.07) is 9.74. The summed E-state index contributed by atoms with van der Waals surface area (Å²) < 4.78 is 3.78. The molecule has 0 amide bonds. The minimum Gasteiger partial charge on any atom is -0.328 e. The summed E-state index contributed by atoms with van der Waals surface area (Å²) in [6.07, 6.45) is 3.07. The maximum Gasteiger partial charge on any atom is 0.190 e. The molecule has 3 rings (SSSR count). The standard InChI is InChI=1S/C16H18N4O/c1-3-9-20-14-7-5-4-6-12(14)17-16(20)11-15(21)13-8-10-19(2)18-13/h4-8,10H,3,9,11H2,1-2H3. The fraction of sp³-hybridized carbons (Fsp3) is 0.312. The molecule has 5 heteroatoms. The predicted molar refractivity (Wildman–Crippen MR) is 81.3 cm³/mol. The first kappa shape index (κ1) is 13.5. The molecule has 0 aliphatic heterocycles. The van der Waals surface area contributed by atoms with Crippen molar-refractivity contribution in [2.45, 2.75) is 26.3 Å². The van der Waals surface area contributed by atoms with Crippen molar-refractivity contribution in [3.63, 3.8) is 0 Å². The Balaban J connectivity index is 1.96. The summed E-state index contributed by atoms with van der Waals surface area (Å²) >= 11 is 0. The maximum atomic E-state index is 12.3. The molecule has 2 aromatic heterocycles. The summed E-state index contributed by atoms with van der Waals surface area (Å²) in [6.45, 7) is 2.99. The highest BCUT2D eigenvalue weighted by molar-refractivity contribution is 5.95. The second-order valence-electron chi connectivity index (χ2n) is 5.14. The number of fused-ring (bicyclic) bond motifs is 1. The van der Waals surface area contributed by atoms with Crippen LogP contribution in [0.2, 0.25) is 0 Å². The number of carbonyl (C=O) groups excluding carboxylic acids is 1. The lowest BCUT2D eigenvalue weighted by Gasteiger charge is -2.06. The number of para-hydroxylation sites is 2. The fourth-order valence-corrected chi connectivity index (χ4v) is 2.53. The minimum atomic E-state index is 0.00302. The lowest BCUT2D eigenvalue weighted by molar-refractivity contribution is 0.0984. The van der Waals surface area contributed by atoms with Gasteiger partial charge in [-0.1, -0.05) is 19.1 Å². The van der Waals surface area contributed by atoms with Gasteiger partial charge in [-0.2, -0.15) is 5.10 Å². The number of benzene rings is 1. The van der Waals surface area contributed by atoms with Crippen LogP contribution in [0.4, 0.5) is 0 Å². The molecule has 5 nitrogen and oxygen atoms in total. The van der Waals surface area contributed by atoms with E-state index in [0.29, 0.717) is 5.69 Å². The zero-order chi connectivity index (χ0) is 14.8. The highest BCUT2D eigenvalue weighted by Gasteiger charge is 2.16. The van der Waals surface area contributed by atoms with Gasteiger partial charge >= 0.3 is 0 Å². The van der Waals surface area contributed by atoms with Crippen LogP contribution in [-0.2, 0) is 20.0 Å². The monoisotopic (exact) mass is 282 g/mol. The van der Waals surface area contributed by atoms with E-state index in [-0.39, 0.29) is 12.2 Å². The molecule has 0 unspecified atom stereocenters. The maximum absolute atomic E-state index is 12.3. The van der Waals surface area contributed by atoms with Crippen molar-refractivity contribution in [1.29, 1.82) is 0 Å². The first-order chi connectivity index (χ1) is 10.2. The van der Waals surface area contributed by atoms with E-state index in [0.717, 1.165) is 29.8 Å². The van der Waals surface area contributed by atoms with E-state index in [4.69, 9.17) is 0 Å². The van der Waals surface area contributed by atoms with Gasteiger partial charge in [-0.25, -0.2) is 4.98 Å². The molecule has 0 radical (unpaired) electrons. The second kappa shape index (κ2) is 5.52. The molecule has 0 saturated carbocycles. The molecule has 3 aromatic rings. The van der Waals surface area contributed by atoms with Crippen LogP contribution in [0.3, 0.4) is 0 Å². The Labute approximate surface area is 123 Å². The third kappa shape index (κ3) is 2.59. The fourth-order valence-electron chi connectivity index (χ4n) is 2.53. The van der Waals surface area contributed by atoms with Crippen molar-refractivity contribution in [2.24, 2.45) is 7.05 Å². The zero-order valence-electron chi connectivity index (χ0n) is 12.3. The van der Waals surface area contributed by atoms with Gasteiger partial charge in [0, 0.05) is 19.8 Å². The summed E-state index contributed by atoms with van der Waals surface area (Å²) in [5.41, 5.74) is 2.52. The molecule has 0 fully saturated rings. The molecule has 0 atom stereocenters. The Kier molecular flexibility index (Phi) is 3.56. The summed E-state index contributed by atoms with van der Waals surface area (Å²) in [5, 5.41) is 4.17. The Morgan fingerprint density at radius 3 is 2.76 bits per heavy atom. The number of carbonyl (C=O) groups is 1. The molecular weight excluding hydrogens is 264 g/mol. The van der Waals surface area contributed by atoms with Crippen molar-refractivity contribution < 1.29 is 4.79 Å². The van der Waals surface area contributed by atoms with Gasteiger partial charge in [-0.3, -0.25) is 9.48 Å². The quantitative estimate of drug-likeness (QED) is 0.676. The number of hydrogen-bond acceptors (Lipinski definition) is 3. The van der Waals surface area contributed by atoms with Crippen LogP contribution < -0.4 is 0 Å². The van der Waals surface area contributed by atoms with Gasteiger partial charge in [-0.15, -0.1) is 0 Å². The van der Waals surface area contributed by atoms with Crippen LogP contribution in [0, 0.1) is 0 Å². The molecule has 0 aliphatic rings. The second-order valence-corrected chi connectivity index (χ2v) is 5.14. The number of hydrogen-bond donors (Lipinski definition) is 0. The topological polar surface area (TPSA) is 52.7 Å². The van der Waals surface area contributed by atoms with Gasteiger partial charge in [0.05, 0.1) is 17.5 Å². The summed E-state index contributed by atoms with van der Waals surface area (Å²) in [5.74, 6) is 0.817. The van der Waals surface area contributed by atoms with E-state index >= 15 is 0 Å². The molecule has 0 aliphatic carbocycles. The van der Waals surface area contributed by atoms with Crippen LogP contribution in [0.15, 0.2) is 36.5 Å². The van der Waals surface area contributed by atoms with Crippen molar-refractivity contribution in [1.82, 2.24) is 19.3 Å². The third-order valence-corrected chi connectivity index (χ3v) is 3.50. The average molecular weight is 282 g/mol. The number of imidazole rings is 1. The number of aryl methyl sites for hydroxylation is 2. The molecule has 1 aromatic carbocycles. The molecule has 0 saturated heterocycles. The zero-order valence-corrected chi connectivity index (χ0v) is 12.3. The SMILES string of the molecule is CCCn1c(CC(=O)c2ccn(C)n2)nc2ccccc21. The molecule has 2 heterocycles. The molecule has 0 N–H and O–H groups in total. The van der Waals surface area contributed by atoms with Crippen molar-refractivity contribution in [3.05, 3.63) is 48.0 Å². The average Bonchev–Trinajstić information content (AvgIpc) is 3.04. The molecular formula is C16H18N4O. The van der Waals surface area contributed by atoms with E-state index in [1.54, 1.807) is 16.9 Å². The van der Waals surface area contributed by atoms with Crippen molar-refractivity contribution in [3.8, 4) is 0 Å². The Hall–Kier alpha value is -2.43. The number of nitrogens with zero attached hydrogens (tertiary/aromatic N) is 4. The molecule has 0 bridgehead atoms. The van der Waals surface area contributed by atoms with E-state index in [9.17, 15) is 4.79 Å². The van der Waals surface area contributed by atoms with Gasteiger partial charge in [0.25, 0.3) is 0 Å². The normalized spacial score (nSPS) is 11.1. The predicted octanol–water partition coefficient (Wildman–Crippen LogP) is 2.61. The van der Waals surface area contributed by atoms with Crippen molar-refractivity contribution >= 4 is 16.8 Å². The van der Waals surface area contributed by atoms with E-state index in [1.165, 1.54) is 0 Å². The van der Waals surface area contributed by atoms with Gasteiger partial charge in [0.2, 0.25) is 0 Å². The van der Waals surface area contributed by atoms with E-state index in [2.05, 4.69) is 21.6 Å². The lowest BCUT2D eigenvalue weighted by Crippen LogP contribution is -2.11. The van der Waals surface area contributed by atoms with Gasteiger partial charge in [-0.05, 0) is 24.6 Å². The Morgan fingerprint density at radius 2 is 2.05 bits per heavy atom. The number of aromatic nitrogens is 4. The lowest BCUT2D eigenvalue weighted by atomic mass is 10.2. The first-order valence-electron chi connectivity index (χ1n) is 7.16. The van der Waals surface area contributed by atoms with Crippen LogP contribution in [0.5, 0.6) is 0 Å². The van der Waals surface area contributed by atoms with Crippen LogP contribution in [-0.4, -0.2) is 25.1 Å². The highest BCUT2D eigenvalue weighted by Crippen LogP contribution is 2.18. The van der Waals surface area contributed by atoms with Crippen molar-refractivity contribution in [2.75, 3.05) is 0 Å². The molecule has 108 valence electrons. The number of rotatable bonds is 5. The van der Waals surface area contributed by atoms with Gasteiger partial charge in [0.1, 0.15) is 11.5 Å². The minimum absolute atomic E-state index is 0.00302. The summed E-state index contributed by atoms with van der Waals surface area (Å²) in [7, 11) is 1.81. The Morgan fingerprint density at radius 1 is 1.24 bits per heavy atom. The third-order valence-electron chi connectivity index (χ3n) is 3.50. The van der Waals surface area contributed by atoms with E-state index < -0.39 is 0 Å². The Bertz CT molecular complexity index is 785. The van der Waals surface area contributed by atoms with Gasteiger partial charge in [0.15, 0.2) is 5.78 Å².